The van der Waals surface area contributed by atoms with Crippen LogP contribution in [0.3, 0.4) is 0 Å². The third kappa shape index (κ3) is 3.38. The van der Waals surface area contributed by atoms with Gasteiger partial charge in [0.2, 0.25) is 0 Å². The molecule has 1 aromatic carbocycles. The van der Waals surface area contributed by atoms with E-state index in [0.29, 0.717) is 51.6 Å². The van der Waals surface area contributed by atoms with Crippen molar-refractivity contribution in [2.45, 2.75) is 19.1 Å². The highest BCUT2D eigenvalue weighted by molar-refractivity contribution is 7.21. The number of carbonyl (C=O) groups excluding carboxylic acids is 1. The standard InChI is InChI=1S/C17H16Cl3NO3S/c18-10-6-11(19)13-12(7-10)25-15(14(13)20)16(22)21-3-1-2-9(8-21)17-23-4-5-24-17/h6-7,9,17H,1-5,8H2. The van der Waals surface area contributed by atoms with Gasteiger partial charge in [0.15, 0.2) is 6.29 Å². The number of amides is 1. The quantitative estimate of drug-likeness (QED) is 0.679. The summed E-state index contributed by atoms with van der Waals surface area (Å²) in [6.07, 6.45) is 1.71. The van der Waals surface area contributed by atoms with Crippen LogP contribution >= 0.6 is 46.1 Å². The van der Waals surface area contributed by atoms with Crippen molar-refractivity contribution in [3.63, 3.8) is 0 Å². The highest BCUT2D eigenvalue weighted by Crippen LogP contribution is 2.42. The van der Waals surface area contributed by atoms with E-state index in [1.807, 2.05) is 4.90 Å². The number of hydrogen-bond acceptors (Lipinski definition) is 4. The highest BCUT2D eigenvalue weighted by Gasteiger charge is 2.34. The minimum absolute atomic E-state index is 0.0684. The summed E-state index contributed by atoms with van der Waals surface area (Å²) >= 11 is 20.1. The van der Waals surface area contributed by atoms with Gasteiger partial charge in [-0.25, -0.2) is 0 Å². The van der Waals surface area contributed by atoms with E-state index in [4.69, 9.17) is 44.3 Å². The number of nitrogens with zero attached hydrogens (tertiary/aromatic N) is 1. The number of likely N-dealkylation sites (tertiary alicyclic amines) is 1. The maximum atomic E-state index is 13.0. The monoisotopic (exact) mass is 419 g/mol. The Morgan fingerprint density at radius 2 is 1.96 bits per heavy atom. The lowest BCUT2D eigenvalue weighted by Gasteiger charge is -2.34. The fourth-order valence-electron chi connectivity index (χ4n) is 3.46. The summed E-state index contributed by atoms with van der Waals surface area (Å²) in [4.78, 5) is 15.4. The maximum absolute atomic E-state index is 13.0. The average molecular weight is 421 g/mol. The van der Waals surface area contributed by atoms with Crippen LogP contribution in [0.1, 0.15) is 22.5 Å². The third-order valence-electron chi connectivity index (χ3n) is 4.62. The first-order valence-electron chi connectivity index (χ1n) is 8.14. The first-order valence-corrected chi connectivity index (χ1v) is 10.1. The Balaban J connectivity index is 1.61. The van der Waals surface area contributed by atoms with Crippen molar-refractivity contribution in [1.29, 1.82) is 0 Å². The average Bonchev–Trinajstić information content (AvgIpc) is 3.22. The summed E-state index contributed by atoms with van der Waals surface area (Å²) in [5, 5.41) is 2.09. The van der Waals surface area contributed by atoms with Gasteiger partial charge in [-0.15, -0.1) is 11.3 Å². The van der Waals surface area contributed by atoms with Gasteiger partial charge in [0.25, 0.3) is 5.91 Å². The van der Waals surface area contributed by atoms with Gasteiger partial charge in [-0.1, -0.05) is 34.8 Å². The minimum Gasteiger partial charge on any atom is -0.350 e. The highest BCUT2D eigenvalue weighted by atomic mass is 35.5. The van der Waals surface area contributed by atoms with E-state index >= 15 is 0 Å². The predicted octanol–water partition coefficient (Wildman–Crippen LogP) is 5.09. The number of benzene rings is 1. The molecule has 3 heterocycles. The van der Waals surface area contributed by atoms with E-state index in [-0.39, 0.29) is 18.1 Å². The number of thiophene rings is 1. The second-order valence-corrected chi connectivity index (χ2v) is 8.54. The predicted molar refractivity (Wildman–Crippen MR) is 101 cm³/mol. The molecular formula is C17H16Cl3NO3S. The van der Waals surface area contributed by atoms with E-state index in [1.165, 1.54) is 11.3 Å². The second kappa shape index (κ2) is 7.22. The summed E-state index contributed by atoms with van der Waals surface area (Å²) in [6, 6.07) is 3.43. The first kappa shape index (κ1) is 17.8. The smallest absolute Gasteiger partial charge is 0.265 e. The van der Waals surface area contributed by atoms with Crippen LogP contribution in [0.4, 0.5) is 0 Å². The van der Waals surface area contributed by atoms with E-state index < -0.39 is 0 Å². The van der Waals surface area contributed by atoms with Gasteiger partial charge in [-0.05, 0) is 25.0 Å². The summed E-state index contributed by atoms with van der Waals surface area (Å²) in [6.45, 7) is 2.57. The van der Waals surface area contributed by atoms with Crippen LogP contribution in [-0.4, -0.2) is 43.4 Å². The van der Waals surface area contributed by atoms with Crippen molar-refractivity contribution >= 4 is 62.1 Å². The molecule has 0 radical (unpaired) electrons. The van der Waals surface area contributed by atoms with Crippen LogP contribution in [0.5, 0.6) is 0 Å². The molecule has 2 aromatic rings. The topological polar surface area (TPSA) is 38.8 Å². The molecule has 2 aliphatic rings. The zero-order chi connectivity index (χ0) is 17.6. The molecule has 1 unspecified atom stereocenters. The molecule has 4 rings (SSSR count). The molecule has 25 heavy (non-hydrogen) atoms. The molecule has 1 atom stereocenters. The van der Waals surface area contributed by atoms with E-state index in [1.54, 1.807) is 12.1 Å². The normalized spacial score (nSPS) is 22.0. The first-order chi connectivity index (χ1) is 12.0. The molecule has 134 valence electrons. The van der Waals surface area contributed by atoms with Crippen molar-refractivity contribution in [1.82, 2.24) is 4.90 Å². The van der Waals surface area contributed by atoms with Gasteiger partial charge < -0.3 is 14.4 Å². The van der Waals surface area contributed by atoms with Gasteiger partial charge in [-0.3, -0.25) is 4.79 Å². The Hall–Kier alpha value is -0.560. The minimum atomic E-state index is -0.207. The number of halogens is 3. The fraction of sp³-hybridized carbons (Fsp3) is 0.471. The Morgan fingerprint density at radius 3 is 2.72 bits per heavy atom. The van der Waals surface area contributed by atoms with Crippen LogP contribution in [0, 0.1) is 5.92 Å². The molecule has 2 fully saturated rings. The lowest BCUT2D eigenvalue weighted by atomic mass is 9.97. The summed E-state index contributed by atoms with van der Waals surface area (Å²) in [7, 11) is 0. The maximum Gasteiger partial charge on any atom is 0.265 e. The van der Waals surface area contributed by atoms with Crippen LogP contribution in [0.25, 0.3) is 10.1 Å². The van der Waals surface area contributed by atoms with Crippen LogP contribution in [-0.2, 0) is 9.47 Å². The van der Waals surface area contributed by atoms with Gasteiger partial charge in [0.05, 0.1) is 23.3 Å². The Labute approximate surface area is 164 Å². The summed E-state index contributed by atoms with van der Waals surface area (Å²) < 4.78 is 12.0. The van der Waals surface area contributed by atoms with E-state index in [0.717, 1.165) is 17.5 Å². The van der Waals surface area contributed by atoms with Crippen LogP contribution in [0.15, 0.2) is 12.1 Å². The number of ether oxygens (including phenoxy) is 2. The Morgan fingerprint density at radius 1 is 1.20 bits per heavy atom. The van der Waals surface area contributed by atoms with Crippen LogP contribution < -0.4 is 0 Å². The molecule has 0 N–H and O–H groups in total. The van der Waals surface area contributed by atoms with Crippen molar-refractivity contribution in [2.24, 2.45) is 5.92 Å². The molecule has 0 bridgehead atoms. The third-order valence-corrected chi connectivity index (χ3v) is 6.75. The SMILES string of the molecule is O=C(c1sc2cc(Cl)cc(Cl)c2c1Cl)N1CCCC(C2OCCO2)C1. The molecule has 0 aliphatic carbocycles. The van der Waals surface area contributed by atoms with Crippen molar-refractivity contribution < 1.29 is 14.3 Å². The van der Waals surface area contributed by atoms with Crippen molar-refractivity contribution in [3.05, 3.63) is 32.1 Å². The number of piperidine rings is 1. The number of fused-ring (bicyclic) bond motifs is 1. The zero-order valence-electron chi connectivity index (χ0n) is 13.3. The molecule has 2 saturated heterocycles. The Kier molecular flexibility index (Phi) is 5.15. The van der Waals surface area contributed by atoms with Crippen molar-refractivity contribution in [3.8, 4) is 0 Å². The van der Waals surface area contributed by atoms with Gasteiger partial charge in [0.1, 0.15) is 4.88 Å². The van der Waals surface area contributed by atoms with Gasteiger partial charge >= 0.3 is 0 Å². The summed E-state index contributed by atoms with van der Waals surface area (Å²) in [5.41, 5.74) is 0. The van der Waals surface area contributed by atoms with Crippen LogP contribution in [0.2, 0.25) is 15.1 Å². The zero-order valence-corrected chi connectivity index (χ0v) is 16.4. The van der Waals surface area contributed by atoms with E-state index in [2.05, 4.69) is 0 Å². The molecule has 0 saturated carbocycles. The second-order valence-electron chi connectivity index (χ2n) is 6.27. The number of rotatable bonds is 2. The molecule has 4 nitrogen and oxygen atoms in total. The lowest BCUT2D eigenvalue weighted by Crippen LogP contribution is -2.43. The summed E-state index contributed by atoms with van der Waals surface area (Å²) in [5.74, 6) is 0.132. The molecule has 8 heteroatoms. The molecule has 2 aliphatic heterocycles. The molecule has 0 spiro atoms. The fourth-order valence-corrected chi connectivity index (χ4v) is 5.80. The lowest BCUT2D eigenvalue weighted by molar-refractivity contribution is -0.0968. The van der Waals surface area contributed by atoms with E-state index in [9.17, 15) is 4.79 Å². The number of carbonyl (C=O) groups is 1. The molecule has 1 amide bonds. The molecular weight excluding hydrogens is 405 g/mol. The van der Waals surface area contributed by atoms with Gasteiger partial charge in [0, 0.05) is 34.1 Å². The number of hydrogen-bond donors (Lipinski definition) is 0. The Bertz CT molecular complexity index is 819. The van der Waals surface area contributed by atoms with Crippen molar-refractivity contribution in [2.75, 3.05) is 26.3 Å². The molecule has 1 aromatic heterocycles. The largest absolute Gasteiger partial charge is 0.350 e. The van der Waals surface area contributed by atoms with Gasteiger partial charge in [-0.2, -0.15) is 0 Å².